The van der Waals surface area contributed by atoms with Gasteiger partial charge in [-0.1, -0.05) is 34.9 Å². The molecule has 91 valence electrons. The van der Waals surface area contributed by atoms with E-state index >= 15 is 0 Å². The molecule has 2 rings (SSSR count). The van der Waals surface area contributed by atoms with Crippen LogP contribution in [0.15, 0.2) is 28.7 Å². The normalized spacial score (nSPS) is 17.5. The predicted octanol–water partition coefficient (Wildman–Crippen LogP) is 3.10. The molecule has 0 atom stereocenters. The van der Waals surface area contributed by atoms with Gasteiger partial charge in [-0.3, -0.25) is 0 Å². The highest BCUT2D eigenvalue weighted by Gasteiger charge is 2.39. The molecule has 0 aromatic heterocycles. The van der Waals surface area contributed by atoms with E-state index in [1.807, 2.05) is 14.2 Å². The first-order chi connectivity index (χ1) is 8.27. The van der Waals surface area contributed by atoms with Gasteiger partial charge in [0.25, 0.3) is 0 Å². The summed E-state index contributed by atoms with van der Waals surface area (Å²) in [6.07, 6.45) is 3.55. The molecule has 0 bridgehead atoms. The van der Waals surface area contributed by atoms with Crippen molar-refractivity contribution in [2.45, 2.75) is 31.7 Å². The number of nitrogens with one attached hydrogen (secondary N) is 1. The van der Waals surface area contributed by atoms with E-state index in [0.29, 0.717) is 0 Å². The Bertz CT molecular complexity index is 351. The van der Waals surface area contributed by atoms with Crippen LogP contribution in [0.3, 0.4) is 0 Å². The third kappa shape index (κ3) is 3.12. The van der Waals surface area contributed by atoms with Gasteiger partial charge in [-0.05, 0) is 37.0 Å². The number of ether oxygens (including phenoxy) is 1. The quantitative estimate of drug-likeness (QED) is 0.643. The van der Waals surface area contributed by atoms with E-state index in [2.05, 4.69) is 45.4 Å². The minimum Gasteiger partial charge on any atom is -0.369 e. The van der Waals surface area contributed by atoms with Crippen molar-refractivity contribution in [3.63, 3.8) is 0 Å². The average molecular weight is 295 g/mol. The second-order valence-corrected chi connectivity index (χ2v) is 5.36. The molecular weight excluding hydrogens is 277 g/mol. The van der Waals surface area contributed by atoms with E-state index in [4.69, 9.17) is 4.74 Å². The molecule has 1 N–H and O–H groups in total. The lowest BCUT2D eigenvalue weighted by Crippen LogP contribution is -2.39. The van der Waals surface area contributed by atoms with Crippen molar-refractivity contribution < 1.29 is 4.74 Å². The van der Waals surface area contributed by atoms with E-state index in [1.54, 1.807) is 0 Å². The maximum absolute atomic E-state index is 6.10. The Morgan fingerprint density at radius 1 is 1.35 bits per heavy atom. The highest BCUT2D eigenvalue weighted by molar-refractivity contribution is 9.10. The van der Waals surface area contributed by atoms with Gasteiger partial charge in [-0.2, -0.15) is 0 Å². The SMILES string of the molecule is C[B]NCCOC1(c2ccc(Br)cc2)CCC1. The fraction of sp³-hybridized carbons (Fsp3) is 0.538. The number of halogens is 1. The molecule has 0 saturated heterocycles. The van der Waals surface area contributed by atoms with Crippen LogP contribution in [0.2, 0.25) is 6.82 Å². The Hall–Kier alpha value is -0.315. The van der Waals surface area contributed by atoms with Gasteiger partial charge >= 0.3 is 0 Å². The molecule has 0 amide bonds. The van der Waals surface area contributed by atoms with Gasteiger partial charge in [-0.25, -0.2) is 0 Å². The van der Waals surface area contributed by atoms with Crippen molar-refractivity contribution in [1.29, 1.82) is 0 Å². The number of benzene rings is 1. The molecule has 1 aliphatic rings. The van der Waals surface area contributed by atoms with Gasteiger partial charge in [0.05, 0.1) is 12.2 Å². The Labute approximate surface area is 113 Å². The van der Waals surface area contributed by atoms with Crippen LogP contribution in [-0.2, 0) is 10.3 Å². The van der Waals surface area contributed by atoms with Crippen molar-refractivity contribution in [1.82, 2.24) is 5.23 Å². The van der Waals surface area contributed by atoms with Gasteiger partial charge in [0.1, 0.15) is 0 Å². The van der Waals surface area contributed by atoms with Crippen LogP contribution in [-0.4, -0.2) is 20.6 Å². The number of hydrogen-bond acceptors (Lipinski definition) is 2. The predicted molar refractivity (Wildman–Crippen MR) is 75.2 cm³/mol. The zero-order chi connectivity index (χ0) is 12.1. The maximum Gasteiger partial charge on any atom is 0.201 e. The molecule has 1 aromatic carbocycles. The largest absolute Gasteiger partial charge is 0.369 e. The van der Waals surface area contributed by atoms with Crippen molar-refractivity contribution in [3.05, 3.63) is 34.3 Å². The topological polar surface area (TPSA) is 21.3 Å². The lowest BCUT2D eigenvalue weighted by molar-refractivity contribution is -0.104. The van der Waals surface area contributed by atoms with Crippen molar-refractivity contribution in [3.8, 4) is 0 Å². The van der Waals surface area contributed by atoms with Crippen LogP contribution >= 0.6 is 15.9 Å². The summed E-state index contributed by atoms with van der Waals surface area (Å²) < 4.78 is 7.22. The molecule has 17 heavy (non-hydrogen) atoms. The van der Waals surface area contributed by atoms with Gasteiger partial charge in [0.15, 0.2) is 0 Å². The standard InChI is InChI=1S/C13H18BBrNO/c1-14-16-9-10-17-13(7-2-8-13)11-3-5-12(15)6-4-11/h3-6,16H,2,7-10H2,1H3. The molecule has 1 aliphatic carbocycles. The molecule has 0 aliphatic heterocycles. The van der Waals surface area contributed by atoms with Crippen LogP contribution in [0.4, 0.5) is 0 Å². The Kier molecular flexibility index (Phi) is 4.65. The van der Waals surface area contributed by atoms with Gasteiger partial charge in [0.2, 0.25) is 7.41 Å². The lowest BCUT2D eigenvalue weighted by Gasteiger charge is -2.42. The van der Waals surface area contributed by atoms with Gasteiger partial charge in [0, 0.05) is 11.0 Å². The zero-order valence-corrected chi connectivity index (χ0v) is 11.8. The van der Waals surface area contributed by atoms with E-state index in [0.717, 1.165) is 30.5 Å². The molecule has 0 heterocycles. The highest BCUT2D eigenvalue weighted by atomic mass is 79.9. The molecule has 4 heteroatoms. The van der Waals surface area contributed by atoms with E-state index in [-0.39, 0.29) is 5.60 Å². The lowest BCUT2D eigenvalue weighted by atomic mass is 9.75. The molecule has 2 nitrogen and oxygen atoms in total. The van der Waals surface area contributed by atoms with Gasteiger partial charge in [-0.15, -0.1) is 0 Å². The minimum absolute atomic E-state index is 0.0177. The second-order valence-electron chi connectivity index (χ2n) is 4.45. The summed E-state index contributed by atoms with van der Waals surface area (Å²) in [4.78, 5) is 0. The van der Waals surface area contributed by atoms with Crippen molar-refractivity contribution in [2.75, 3.05) is 13.2 Å². The van der Waals surface area contributed by atoms with E-state index < -0.39 is 0 Å². The molecule has 0 spiro atoms. The summed E-state index contributed by atoms with van der Waals surface area (Å²) in [6, 6.07) is 8.53. The maximum atomic E-state index is 6.10. The van der Waals surface area contributed by atoms with Crippen molar-refractivity contribution in [2.24, 2.45) is 0 Å². The fourth-order valence-electron chi connectivity index (χ4n) is 2.22. The van der Waals surface area contributed by atoms with Crippen molar-refractivity contribution >= 4 is 23.3 Å². The Morgan fingerprint density at radius 2 is 2.06 bits per heavy atom. The molecule has 1 saturated carbocycles. The third-order valence-electron chi connectivity index (χ3n) is 3.36. The van der Waals surface area contributed by atoms with E-state index in [9.17, 15) is 0 Å². The van der Waals surface area contributed by atoms with E-state index in [1.165, 1.54) is 12.0 Å². The van der Waals surface area contributed by atoms with Crippen LogP contribution in [0, 0.1) is 0 Å². The summed E-state index contributed by atoms with van der Waals surface area (Å²) >= 11 is 3.47. The average Bonchev–Trinajstić information content (AvgIpc) is 2.29. The van der Waals surface area contributed by atoms with Crippen LogP contribution in [0.25, 0.3) is 0 Å². The van der Waals surface area contributed by atoms with Crippen LogP contribution in [0.1, 0.15) is 24.8 Å². The molecule has 1 fully saturated rings. The summed E-state index contributed by atoms with van der Waals surface area (Å²) in [6.45, 7) is 3.64. The summed E-state index contributed by atoms with van der Waals surface area (Å²) in [5.74, 6) is 0. The third-order valence-corrected chi connectivity index (χ3v) is 3.89. The first kappa shape index (κ1) is 13.1. The highest BCUT2D eigenvalue weighted by Crippen LogP contribution is 2.44. The smallest absolute Gasteiger partial charge is 0.201 e. The summed E-state index contributed by atoms with van der Waals surface area (Å²) in [7, 11) is 1.95. The summed E-state index contributed by atoms with van der Waals surface area (Å²) in [5, 5.41) is 3.17. The first-order valence-corrected chi connectivity index (χ1v) is 6.97. The molecule has 0 unspecified atom stereocenters. The monoisotopic (exact) mass is 294 g/mol. The van der Waals surface area contributed by atoms with Crippen LogP contribution < -0.4 is 5.23 Å². The number of rotatable bonds is 6. The number of hydrogen-bond donors (Lipinski definition) is 1. The Balaban J connectivity index is 1.96. The first-order valence-electron chi connectivity index (χ1n) is 6.18. The molecular formula is C13H18BBrNO. The van der Waals surface area contributed by atoms with Crippen LogP contribution in [0.5, 0.6) is 0 Å². The Morgan fingerprint density at radius 3 is 2.59 bits per heavy atom. The fourth-order valence-corrected chi connectivity index (χ4v) is 2.48. The summed E-state index contributed by atoms with van der Waals surface area (Å²) in [5.41, 5.74) is 1.29. The van der Waals surface area contributed by atoms with Gasteiger partial charge < -0.3 is 9.96 Å². The minimum atomic E-state index is -0.0177. The second kappa shape index (κ2) is 6.03. The zero-order valence-electron chi connectivity index (χ0n) is 10.2. The molecule has 1 radical (unpaired) electrons. The molecule has 1 aromatic rings.